The first-order valence-corrected chi connectivity index (χ1v) is 7.56. The van der Waals surface area contributed by atoms with Crippen LogP contribution < -0.4 is 10.5 Å². The Kier molecular flexibility index (Phi) is 4.68. The lowest BCUT2D eigenvalue weighted by Gasteiger charge is -2.04. The fourth-order valence-corrected chi connectivity index (χ4v) is 2.20. The molecule has 0 saturated carbocycles. The van der Waals surface area contributed by atoms with Crippen LogP contribution in [0, 0.1) is 6.92 Å². The van der Waals surface area contributed by atoms with E-state index in [1.54, 1.807) is 0 Å². The number of benzene rings is 2. The Morgan fingerprint density at radius 1 is 1.04 bits per heavy atom. The van der Waals surface area contributed by atoms with E-state index in [2.05, 4.69) is 10.1 Å². The summed E-state index contributed by atoms with van der Waals surface area (Å²) >= 11 is 0. The highest BCUT2D eigenvalue weighted by Crippen LogP contribution is 2.18. The molecule has 0 saturated heterocycles. The minimum absolute atomic E-state index is 0.245. The number of rotatable bonds is 6. The largest absolute Gasteiger partial charge is 0.484 e. The Bertz CT molecular complexity index is 749. The molecule has 0 aliphatic rings. The summed E-state index contributed by atoms with van der Waals surface area (Å²) < 4.78 is 10.9. The number of aromatic nitrogens is 2. The Morgan fingerprint density at radius 3 is 2.48 bits per heavy atom. The van der Waals surface area contributed by atoms with Gasteiger partial charge >= 0.3 is 0 Å². The van der Waals surface area contributed by atoms with E-state index in [4.69, 9.17) is 15.0 Å². The summed E-state index contributed by atoms with van der Waals surface area (Å²) in [6, 6.07) is 15.8. The van der Waals surface area contributed by atoms with Crippen molar-refractivity contribution in [1.29, 1.82) is 0 Å². The molecule has 5 nitrogen and oxygen atoms in total. The lowest BCUT2D eigenvalue weighted by Crippen LogP contribution is -2.02. The normalized spacial score (nSPS) is 10.7. The first kappa shape index (κ1) is 15.2. The standard InChI is InChI=1S/C18H19N3O2/c1-13-2-6-15(7-3-13)18-20-17(23-21-18)12-22-16-8-4-14(5-9-16)10-11-19/h2-9H,10-12,19H2,1H3. The second-order valence-corrected chi connectivity index (χ2v) is 5.35. The van der Waals surface area contributed by atoms with Crippen molar-refractivity contribution < 1.29 is 9.26 Å². The van der Waals surface area contributed by atoms with E-state index in [-0.39, 0.29) is 6.61 Å². The highest BCUT2D eigenvalue weighted by molar-refractivity contribution is 5.54. The van der Waals surface area contributed by atoms with Gasteiger partial charge in [-0.1, -0.05) is 47.1 Å². The number of hydrogen-bond donors (Lipinski definition) is 1. The molecule has 0 spiro atoms. The average molecular weight is 309 g/mol. The van der Waals surface area contributed by atoms with Crippen molar-refractivity contribution in [2.45, 2.75) is 20.0 Å². The molecule has 0 fully saturated rings. The van der Waals surface area contributed by atoms with E-state index in [0.29, 0.717) is 18.3 Å². The van der Waals surface area contributed by atoms with E-state index in [0.717, 1.165) is 17.7 Å². The topological polar surface area (TPSA) is 74.2 Å². The summed E-state index contributed by atoms with van der Waals surface area (Å²) in [4.78, 5) is 4.35. The van der Waals surface area contributed by atoms with Crippen molar-refractivity contribution in [2.75, 3.05) is 6.54 Å². The van der Waals surface area contributed by atoms with Gasteiger partial charge in [0.05, 0.1) is 0 Å². The van der Waals surface area contributed by atoms with Crippen molar-refractivity contribution in [1.82, 2.24) is 10.1 Å². The Hall–Kier alpha value is -2.66. The third-order valence-corrected chi connectivity index (χ3v) is 3.50. The van der Waals surface area contributed by atoms with Crippen LogP contribution in [-0.4, -0.2) is 16.7 Å². The van der Waals surface area contributed by atoms with Crippen LogP contribution in [0.25, 0.3) is 11.4 Å². The number of hydrogen-bond acceptors (Lipinski definition) is 5. The number of nitrogens with two attached hydrogens (primary N) is 1. The van der Waals surface area contributed by atoms with Crippen LogP contribution in [0.4, 0.5) is 0 Å². The highest BCUT2D eigenvalue weighted by Gasteiger charge is 2.09. The summed E-state index contributed by atoms with van der Waals surface area (Å²) in [6.07, 6.45) is 0.865. The molecule has 0 aliphatic heterocycles. The molecule has 0 aliphatic carbocycles. The molecule has 5 heteroatoms. The first-order valence-electron chi connectivity index (χ1n) is 7.56. The van der Waals surface area contributed by atoms with Gasteiger partial charge in [0.15, 0.2) is 6.61 Å². The second kappa shape index (κ2) is 7.07. The number of nitrogens with zero attached hydrogens (tertiary/aromatic N) is 2. The number of ether oxygens (including phenoxy) is 1. The average Bonchev–Trinajstić information content (AvgIpc) is 3.04. The predicted molar refractivity (Wildman–Crippen MR) is 88.0 cm³/mol. The zero-order chi connectivity index (χ0) is 16.1. The van der Waals surface area contributed by atoms with Gasteiger partial charge in [0, 0.05) is 5.56 Å². The zero-order valence-corrected chi connectivity index (χ0v) is 13.0. The van der Waals surface area contributed by atoms with E-state index < -0.39 is 0 Å². The smallest absolute Gasteiger partial charge is 0.264 e. The molecular weight excluding hydrogens is 290 g/mol. The van der Waals surface area contributed by atoms with Gasteiger partial charge in [-0.2, -0.15) is 4.98 Å². The molecule has 0 unspecified atom stereocenters. The van der Waals surface area contributed by atoms with E-state index in [9.17, 15) is 0 Å². The van der Waals surface area contributed by atoms with Crippen molar-refractivity contribution in [3.63, 3.8) is 0 Å². The van der Waals surface area contributed by atoms with Crippen LogP contribution in [0.2, 0.25) is 0 Å². The van der Waals surface area contributed by atoms with Crippen LogP contribution >= 0.6 is 0 Å². The maximum atomic E-state index is 5.67. The van der Waals surface area contributed by atoms with Gasteiger partial charge in [-0.15, -0.1) is 0 Å². The summed E-state index contributed by atoms with van der Waals surface area (Å²) in [5, 5.41) is 3.99. The SMILES string of the molecule is Cc1ccc(-c2noc(COc3ccc(CCN)cc3)n2)cc1. The molecule has 0 radical (unpaired) electrons. The molecule has 1 aromatic heterocycles. The molecule has 3 rings (SSSR count). The molecule has 118 valence electrons. The molecule has 1 heterocycles. The van der Waals surface area contributed by atoms with Crippen LogP contribution in [0.5, 0.6) is 5.75 Å². The third-order valence-electron chi connectivity index (χ3n) is 3.50. The summed E-state index contributed by atoms with van der Waals surface area (Å²) in [7, 11) is 0. The second-order valence-electron chi connectivity index (χ2n) is 5.35. The van der Waals surface area contributed by atoms with Gasteiger partial charge in [0.25, 0.3) is 5.89 Å². The summed E-state index contributed by atoms with van der Waals surface area (Å²) in [6.45, 7) is 2.93. The minimum Gasteiger partial charge on any atom is -0.484 e. The van der Waals surface area contributed by atoms with Crippen molar-refractivity contribution in [2.24, 2.45) is 5.73 Å². The molecule has 0 amide bonds. The van der Waals surface area contributed by atoms with Gasteiger partial charge in [0.1, 0.15) is 5.75 Å². The Balaban J connectivity index is 1.61. The molecule has 2 N–H and O–H groups in total. The molecule has 0 atom stereocenters. The van der Waals surface area contributed by atoms with Gasteiger partial charge in [-0.25, -0.2) is 0 Å². The molecular formula is C18H19N3O2. The third kappa shape index (κ3) is 3.96. The molecule has 23 heavy (non-hydrogen) atoms. The zero-order valence-electron chi connectivity index (χ0n) is 13.0. The number of aryl methyl sites for hydroxylation is 1. The van der Waals surface area contributed by atoms with E-state index in [1.807, 2.05) is 55.5 Å². The fourth-order valence-electron chi connectivity index (χ4n) is 2.20. The Labute approximate surface area is 135 Å². The van der Waals surface area contributed by atoms with E-state index in [1.165, 1.54) is 11.1 Å². The fraction of sp³-hybridized carbons (Fsp3) is 0.222. The first-order chi connectivity index (χ1) is 11.2. The summed E-state index contributed by atoms with van der Waals surface area (Å²) in [5.74, 6) is 1.79. The van der Waals surface area contributed by atoms with Crippen LogP contribution in [0.3, 0.4) is 0 Å². The van der Waals surface area contributed by atoms with Gasteiger partial charge in [-0.05, 0) is 37.6 Å². The quantitative estimate of drug-likeness (QED) is 0.757. The van der Waals surface area contributed by atoms with Crippen LogP contribution in [-0.2, 0) is 13.0 Å². The summed E-state index contributed by atoms with van der Waals surface area (Å²) in [5.41, 5.74) is 8.85. The van der Waals surface area contributed by atoms with Crippen LogP contribution in [0.1, 0.15) is 17.0 Å². The molecule has 2 aromatic carbocycles. The predicted octanol–water partition coefficient (Wildman–Crippen LogP) is 3.13. The highest BCUT2D eigenvalue weighted by atomic mass is 16.5. The lowest BCUT2D eigenvalue weighted by atomic mass is 10.1. The molecule has 0 bridgehead atoms. The molecule has 3 aromatic rings. The monoisotopic (exact) mass is 309 g/mol. The van der Waals surface area contributed by atoms with Crippen molar-refractivity contribution in [3.05, 3.63) is 65.5 Å². The minimum atomic E-state index is 0.245. The van der Waals surface area contributed by atoms with Crippen LogP contribution in [0.15, 0.2) is 53.1 Å². The van der Waals surface area contributed by atoms with Crippen molar-refractivity contribution in [3.8, 4) is 17.1 Å². The maximum absolute atomic E-state index is 5.67. The Morgan fingerprint density at radius 2 is 1.78 bits per heavy atom. The van der Waals surface area contributed by atoms with Crippen molar-refractivity contribution >= 4 is 0 Å². The maximum Gasteiger partial charge on any atom is 0.264 e. The van der Waals surface area contributed by atoms with Gasteiger partial charge < -0.3 is 15.0 Å². The van der Waals surface area contributed by atoms with Gasteiger partial charge in [-0.3, -0.25) is 0 Å². The lowest BCUT2D eigenvalue weighted by molar-refractivity contribution is 0.243. The van der Waals surface area contributed by atoms with E-state index >= 15 is 0 Å². The van der Waals surface area contributed by atoms with Gasteiger partial charge in [0.2, 0.25) is 5.82 Å².